The normalized spacial score (nSPS) is 12.1. The van der Waals surface area contributed by atoms with Crippen molar-refractivity contribution in [3.8, 4) is 0 Å². The highest BCUT2D eigenvalue weighted by Crippen LogP contribution is 2.33. The van der Waals surface area contributed by atoms with Crippen molar-refractivity contribution >= 4 is 28.6 Å². The molecule has 8 heteroatoms. The van der Waals surface area contributed by atoms with E-state index >= 15 is 0 Å². The Kier molecular flexibility index (Phi) is 6.05. The molecular weight excluding hydrogens is 387 g/mol. The largest absolute Gasteiger partial charge is 0.459 e. The molecule has 1 aromatic carbocycles. The van der Waals surface area contributed by atoms with E-state index in [0.717, 1.165) is 5.56 Å². The van der Waals surface area contributed by atoms with Gasteiger partial charge in [0.1, 0.15) is 17.2 Å². The molecule has 0 radical (unpaired) electrons. The van der Waals surface area contributed by atoms with Crippen molar-refractivity contribution in [2.75, 3.05) is 19.4 Å². The Labute approximate surface area is 174 Å². The number of halogens is 1. The van der Waals surface area contributed by atoms with Crippen LogP contribution in [-0.2, 0) is 0 Å². The summed E-state index contributed by atoms with van der Waals surface area (Å²) >= 11 is 0. The third-order valence-corrected chi connectivity index (χ3v) is 4.82. The molecule has 2 N–H and O–H groups in total. The van der Waals surface area contributed by atoms with Crippen molar-refractivity contribution in [1.82, 2.24) is 15.2 Å². The van der Waals surface area contributed by atoms with Gasteiger partial charge in [0, 0.05) is 31.2 Å². The summed E-state index contributed by atoms with van der Waals surface area (Å²) < 4.78 is 19.6. The van der Waals surface area contributed by atoms with Gasteiger partial charge in [-0.1, -0.05) is 13.8 Å². The predicted molar refractivity (Wildman–Crippen MR) is 113 cm³/mol. The number of carbonyl (C=O) groups is 2. The second-order valence-electron chi connectivity index (χ2n) is 7.71. The fourth-order valence-electron chi connectivity index (χ4n) is 3.24. The Morgan fingerprint density at radius 3 is 2.57 bits per heavy atom. The number of anilines is 1. The summed E-state index contributed by atoms with van der Waals surface area (Å²) in [4.78, 5) is 30.2. The lowest BCUT2D eigenvalue weighted by atomic mass is 9.98. The maximum atomic E-state index is 13.6. The highest BCUT2D eigenvalue weighted by atomic mass is 19.1. The van der Waals surface area contributed by atoms with Gasteiger partial charge in [0.05, 0.1) is 23.5 Å². The molecule has 0 unspecified atom stereocenters. The van der Waals surface area contributed by atoms with E-state index in [1.54, 1.807) is 26.2 Å². The first-order chi connectivity index (χ1) is 14.2. The van der Waals surface area contributed by atoms with Gasteiger partial charge >= 0.3 is 6.03 Å². The first-order valence-electron chi connectivity index (χ1n) is 9.60. The standard InChI is InChI=1S/C22H25FN4O3/c1-12(2)19(20-13(3)17-9-15(23)6-7-18(17)30-20)26-22(29)25-16-8-14(10-24-11-16)21(28)27(4)5/h6-12,19H,1-5H3,(H2,25,26,29)/t19-/m1/s1. The Balaban J connectivity index is 1.81. The minimum Gasteiger partial charge on any atom is -0.459 e. The number of urea groups is 1. The van der Waals surface area contributed by atoms with Crippen molar-refractivity contribution in [2.45, 2.75) is 26.8 Å². The highest BCUT2D eigenvalue weighted by Gasteiger charge is 2.25. The quantitative estimate of drug-likeness (QED) is 0.646. The van der Waals surface area contributed by atoms with E-state index in [0.29, 0.717) is 28.0 Å². The third-order valence-electron chi connectivity index (χ3n) is 4.82. The van der Waals surface area contributed by atoms with Crippen LogP contribution in [0.4, 0.5) is 14.9 Å². The summed E-state index contributed by atoms with van der Waals surface area (Å²) in [7, 11) is 3.29. The lowest BCUT2D eigenvalue weighted by Gasteiger charge is -2.21. The minimum atomic E-state index is -0.462. The minimum absolute atomic E-state index is 0.0136. The molecule has 0 saturated carbocycles. The van der Waals surface area contributed by atoms with Crippen LogP contribution in [0.2, 0.25) is 0 Å². The van der Waals surface area contributed by atoms with Crippen molar-refractivity contribution in [1.29, 1.82) is 0 Å². The summed E-state index contributed by atoms with van der Waals surface area (Å²) in [5.74, 6) is 0.0381. The zero-order valence-corrected chi connectivity index (χ0v) is 17.6. The smallest absolute Gasteiger partial charge is 0.319 e. The van der Waals surface area contributed by atoms with E-state index in [1.807, 2.05) is 20.8 Å². The number of benzene rings is 1. The van der Waals surface area contributed by atoms with E-state index in [1.165, 1.54) is 29.4 Å². The van der Waals surface area contributed by atoms with Gasteiger partial charge in [-0.15, -0.1) is 0 Å². The van der Waals surface area contributed by atoms with Crippen molar-refractivity contribution in [3.05, 3.63) is 59.4 Å². The average Bonchev–Trinajstić information content (AvgIpc) is 3.01. The van der Waals surface area contributed by atoms with Crippen LogP contribution in [0.15, 0.2) is 41.1 Å². The van der Waals surface area contributed by atoms with Crippen LogP contribution in [0.3, 0.4) is 0 Å². The number of furan rings is 1. The molecule has 30 heavy (non-hydrogen) atoms. The predicted octanol–water partition coefficient (Wildman–Crippen LogP) is 4.50. The van der Waals surface area contributed by atoms with E-state index in [2.05, 4.69) is 15.6 Å². The van der Waals surface area contributed by atoms with Crippen LogP contribution in [0.5, 0.6) is 0 Å². The molecule has 0 aliphatic carbocycles. The maximum absolute atomic E-state index is 13.6. The zero-order chi connectivity index (χ0) is 22.0. The number of aryl methyl sites for hydroxylation is 1. The average molecular weight is 412 g/mol. The molecule has 158 valence electrons. The fourth-order valence-corrected chi connectivity index (χ4v) is 3.24. The summed E-state index contributed by atoms with van der Waals surface area (Å²) in [5.41, 5.74) is 2.11. The number of carbonyl (C=O) groups excluding carboxylic acids is 2. The van der Waals surface area contributed by atoms with Crippen molar-refractivity contribution < 1.29 is 18.4 Å². The Hall–Kier alpha value is -3.42. The molecule has 0 bridgehead atoms. The topological polar surface area (TPSA) is 87.5 Å². The molecule has 3 amide bonds. The van der Waals surface area contributed by atoms with Gasteiger partial charge in [-0.3, -0.25) is 9.78 Å². The number of rotatable bonds is 5. The van der Waals surface area contributed by atoms with Gasteiger partial charge in [0.2, 0.25) is 0 Å². The van der Waals surface area contributed by atoms with Crippen LogP contribution in [0, 0.1) is 18.7 Å². The molecular formula is C22H25FN4O3. The van der Waals surface area contributed by atoms with Gasteiger partial charge in [0.15, 0.2) is 0 Å². The monoisotopic (exact) mass is 412 g/mol. The van der Waals surface area contributed by atoms with Crippen LogP contribution >= 0.6 is 0 Å². The van der Waals surface area contributed by atoms with Gasteiger partial charge in [-0.2, -0.15) is 0 Å². The van der Waals surface area contributed by atoms with E-state index in [9.17, 15) is 14.0 Å². The molecule has 3 rings (SSSR count). The molecule has 0 spiro atoms. The molecule has 0 saturated heterocycles. The van der Waals surface area contributed by atoms with Gasteiger partial charge in [-0.05, 0) is 37.1 Å². The number of nitrogens with zero attached hydrogens (tertiary/aromatic N) is 2. The number of amides is 3. The molecule has 1 atom stereocenters. The van der Waals surface area contributed by atoms with Gasteiger partial charge < -0.3 is 20.0 Å². The Morgan fingerprint density at radius 2 is 1.90 bits per heavy atom. The van der Waals surface area contributed by atoms with Crippen molar-refractivity contribution in [3.63, 3.8) is 0 Å². The number of pyridine rings is 1. The van der Waals surface area contributed by atoms with E-state index in [-0.39, 0.29) is 17.6 Å². The van der Waals surface area contributed by atoms with Crippen LogP contribution in [-0.4, -0.2) is 35.9 Å². The van der Waals surface area contributed by atoms with Crippen LogP contribution in [0.1, 0.15) is 41.6 Å². The SMILES string of the molecule is Cc1c([C@H](NC(=O)Nc2cncc(C(=O)N(C)C)c2)C(C)C)oc2ccc(F)cc12. The van der Waals surface area contributed by atoms with Crippen molar-refractivity contribution in [2.24, 2.45) is 5.92 Å². The van der Waals surface area contributed by atoms with Crippen LogP contribution < -0.4 is 10.6 Å². The number of aromatic nitrogens is 1. The number of hydrogen-bond acceptors (Lipinski definition) is 4. The van der Waals surface area contributed by atoms with E-state index < -0.39 is 12.1 Å². The molecule has 0 fully saturated rings. The summed E-state index contributed by atoms with van der Waals surface area (Å²) in [5, 5.41) is 6.29. The lowest BCUT2D eigenvalue weighted by Crippen LogP contribution is -2.35. The molecule has 3 aromatic rings. The first kappa shape index (κ1) is 21.3. The number of nitrogens with one attached hydrogen (secondary N) is 2. The number of hydrogen-bond donors (Lipinski definition) is 2. The van der Waals surface area contributed by atoms with Crippen LogP contribution in [0.25, 0.3) is 11.0 Å². The third kappa shape index (κ3) is 4.42. The molecule has 7 nitrogen and oxygen atoms in total. The highest BCUT2D eigenvalue weighted by molar-refractivity contribution is 5.96. The molecule has 0 aliphatic rings. The van der Waals surface area contributed by atoms with Gasteiger partial charge in [-0.25, -0.2) is 9.18 Å². The zero-order valence-electron chi connectivity index (χ0n) is 17.6. The summed E-state index contributed by atoms with van der Waals surface area (Å²) in [6.07, 6.45) is 2.91. The fraction of sp³-hybridized carbons (Fsp3) is 0.318. The molecule has 0 aliphatic heterocycles. The number of fused-ring (bicyclic) bond motifs is 1. The second-order valence-corrected chi connectivity index (χ2v) is 7.71. The molecule has 2 aromatic heterocycles. The first-order valence-corrected chi connectivity index (χ1v) is 9.60. The summed E-state index contributed by atoms with van der Waals surface area (Å²) in [6, 6.07) is 5.02. The van der Waals surface area contributed by atoms with Gasteiger partial charge in [0.25, 0.3) is 5.91 Å². The summed E-state index contributed by atoms with van der Waals surface area (Å²) in [6.45, 7) is 5.75. The Morgan fingerprint density at radius 1 is 1.17 bits per heavy atom. The second kappa shape index (κ2) is 8.52. The Bertz CT molecular complexity index is 1090. The maximum Gasteiger partial charge on any atom is 0.319 e. The lowest BCUT2D eigenvalue weighted by molar-refractivity contribution is 0.0827. The van der Waals surface area contributed by atoms with E-state index in [4.69, 9.17) is 4.42 Å². The molecule has 2 heterocycles.